The standard InChI is InChI=1S/C18H28N2O3/c1-3-22-17(21)18(8-9-18)14(2)19-13-15(16-7-6-12-23-16)20-10-4-5-11-20/h6-7,12,14-15,19H,3-5,8-11,13H2,1-2H3. The number of hydrogen-bond acceptors (Lipinski definition) is 5. The molecule has 2 heterocycles. The number of rotatable bonds is 8. The minimum atomic E-state index is -0.311. The highest BCUT2D eigenvalue weighted by Crippen LogP contribution is 2.49. The molecule has 5 nitrogen and oxygen atoms in total. The Morgan fingerprint density at radius 1 is 1.43 bits per heavy atom. The minimum absolute atomic E-state index is 0.0456. The van der Waals surface area contributed by atoms with Crippen molar-refractivity contribution in [2.45, 2.75) is 51.6 Å². The van der Waals surface area contributed by atoms with E-state index < -0.39 is 0 Å². The van der Waals surface area contributed by atoms with E-state index >= 15 is 0 Å². The Balaban J connectivity index is 1.61. The molecule has 5 heteroatoms. The summed E-state index contributed by atoms with van der Waals surface area (Å²) in [5.41, 5.74) is -0.311. The van der Waals surface area contributed by atoms with Crippen molar-refractivity contribution < 1.29 is 13.9 Å². The van der Waals surface area contributed by atoms with E-state index in [0.717, 1.165) is 38.2 Å². The molecule has 0 aromatic carbocycles. The molecule has 2 unspecified atom stereocenters. The van der Waals surface area contributed by atoms with Gasteiger partial charge in [0.2, 0.25) is 0 Å². The van der Waals surface area contributed by atoms with Crippen LogP contribution in [0.25, 0.3) is 0 Å². The molecular weight excluding hydrogens is 292 g/mol. The van der Waals surface area contributed by atoms with Crippen molar-refractivity contribution in [2.24, 2.45) is 5.41 Å². The van der Waals surface area contributed by atoms with Gasteiger partial charge >= 0.3 is 5.97 Å². The Labute approximate surface area is 138 Å². The normalized spacial score (nSPS) is 22.7. The lowest BCUT2D eigenvalue weighted by molar-refractivity contribution is -0.150. The number of hydrogen-bond donors (Lipinski definition) is 1. The number of furan rings is 1. The van der Waals surface area contributed by atoms with Crippen molar-refractivity contribution in [2.75, 3.05) is 26.2 Å². The number of likely N-dealkylation sites (tertiary alicyclic amines) is 1. The van der Waals surface area contributed by atoms with E-state index in [2.05, 4.69) is 17.1 Å². The van der Waals surface area contributed by atoms with Gasteiger partial charge < -0.3 is 14.5 Å². The Bertz CT molecular complexity index is 504. The highest BCUT2D eigenvalue weighted by Gasteiger charge is 2.55. The number of esters is 1. The Kier molecular flexibility index (Phi) is 5.07. The van der Waals surface area contributed by atoms with Gasteiger partial charge in [0.15, 0.2) is 0 Å². The van der Waals surface area contributed by atoms with Crippen LogP contribution in [0.4, 0.5) is 0 Å². The third kappa shape index (κ3) is 3.45. The number of nitrogens with one attached hydrogen (secondary N) is 1. The maximum Gasteiger partial charge on any atom is 0.313 e. The zero-order valence-corrected chi connectivity index (χ0v) is 14.2. The molecule has 128 valence electrons. The van der Waals surface area contributed by atoms with Crippen LogP contribution in [0.1, 0.15) is 51.3 Å². The lowest BCUT2D eigenvalue weighted by atomic mass is 9.97. The van der Waals surface area contributed by atoms with Crippen molar-refractivity contribution in [3.8, 4) is 0 Å². The molecule has 0 radical (unpaired) electrons. The summed E-state index contributed by atoms with van der Waals surface area (Å²) < 4.78 is 10.9. The first-order chi connectivity index (χ1) is 11.2. The van der Waals surface area contributed by atoms with E-state index in [1.165, 1.54) is 12.8 Å². The van der Waals surface area contributed by atoms with E-state index in [4.69, 9.17) is 9.15 Å². The molecule has 2 fully saturated rings. The molecule has 1 aromatic heterocycles. The maximum atomic E-state index is 12.2. The van der Waals surface area contributed by atoms with Gasteiger partial charge in [-0.1, -0.05) is 0 Å². The fourth-order valence-electron chi connectivity index (χ4n) is 3.65. The zero-order chi connectivity index (χ0) is 16.3. The van der Waals surface area contributed by atoms with Gasteiger partial charge in [-0.2, -0.15) is 0 Å². The van der Waals surface area contributed by atoms with Crippen LogP contribution < -0.4 is 5.32 Å². The SMILES string of the molecule is CCOC(=O)C1(C(C)NCC(c2ccco2)N2CCCC2)CC1. The van der Waals surface area contributed by atoms with E-state index in [0.29, 0.717) is 6.61 Å². The fraction of sp³-hybridized carbons (Fsp3) is 0.722. The number of carbonyl (C=O) groups excluding carboxylic acids is 1. The monoisotopic (exact) mass is 320 g/mol. The molecule has 23 heavy (non-hydrogen) atoms. The molecule has 0 bridgehead atoms. The highest BCUT2D eigenvalue weighted by atomic mass is 16.5. The maximum absolute atomic E-state index is 12.2. The lowest BCUT2D eigenvalue weighted by Gasteiger charge is -2.29. The Morgan fingerprint density at radius 2 is 2.17 bits per heavy atom. The average molecular weight is 320 g/mol. The molecule has 0 spiro atoms. The first-order valence-electron chi connectivity index (χ1n) is 8.85. The molecule has 1 N–H and O–H groups in total. The number of carbonyl (C=O) groups is 1. The Hall–Kier alpha value is -1.33. The molecule has 1 aliphatic heterocycles. The van der Waals surface area contributed by atoms with E-state index in [9.17, 15) is 4.79 Å². The van der Waals surface area contributed by atoms with Crippen molar-refractivity contribution in [1.29, 1.82) is 0 Å². The minimum Gasteiger partial charge on any atom is -0.468 e. The predicted octanol–water partition coefficient (Wildman–Crippen LogP) is 2.74. The van der Waals surface area contributed by atoms with Crippen LogP contribution in [0.3, 0.4) is 0 Å². The summed E-state index contributed by atoms with van der Waals surface area (Å²) in [4.78, 5) is 14.7. The second-order valence-corrected chi connectivity index (χ2v) is 6.78. The molecule has 1 aromatic rings. The third-order valence-electron chi connectivity index (χ3n) is 5.37. The largest absolute Gasteiger partial charge is 0.468 e. The zero-order valence-electron chi connectivity index (χ0n) is 14.2. The first-order valence-corrected chi connectivity index (χ1v) is 8.85. The van der Waals surface area contributed by atoms with Crippen molar-refractivity contribution in [3.63, 3.8) is 0 Å². The topological polar surface area (TPSA) is 54.7 Å². The highest BCUT2D eigenvalue weighted by molar-refractivity contribution is 5.80. The molecular formula is C18H28N2O3. The number of nitrogens with zero attached hydrogens (tertiary/aromatic N) is 1. The van der Waals surface area contributed by atoms with Gasteiger partial charge in [0, 0.05) is 12.6 Å². The molecule has 2 aliphatic rings. The van der Waals surface area contributed by atoms with E-state index in [1.54, 1.807) is 6.26 Å². The molecule has 2 atom stereocenters. The average Bonchev–Trinajstić information content (AvgIpc) is 2.96. The summed E-state index contributed by atoms with van der Waals surface area (Å²) in [6, 6.07) is 4.37. The van der Waals surface area contributed by atoms with Gasteiger partial charge in [0.25, 0.3) is 0 Å². The summed E-state index contributed by atoms with van der Waals surface area (Å²) in [7, 11) is 0. The fourth-order valence-corrected chi connectivity index (χ4v) is 3.65. The molecule has 1 saturated carbocycles. The van der Waals surface area contributed by atoms with Crippen LogP contribution in [0.2, 0.25) is 0 Å². The van der Waals surface area contributed by atoms with E-state index in [-0.39, 0.29) is 23.5 Å². The molecule has 0 amide bonds. The van der Waals surface area contributed by atoms with Crippen molar-refractivity contribution in [1.82, 2.24) is 10.2 Å². The van der Waals surface area contributed by atoms with Gasteiger partial charge in [-0.05, 0) is 64.8 Å². The summed E-state index contributed by atoms with van der Waals surface area (Å²) in [6.07, 6.45) is 6.09. The van der Waals surface area contributed by atoms with Gasteiger partial charge in [-0.3, -0.25) is 9.69 Å². The third-order valence-corrected chi connectivity index (χ3v) is 5.37. The van der Waals surface area contributed by atoms with Crippen LogP contribution >= 0.6 is 0 Å². The number of ether oxygens (including phenoxy) is 1. The van der Waals surface area contributed by atoms with Crippen LogP contribution in [0.15, 0.2) is 22.8 Å². The molecule has 1 aliphatic carbocycles. The van der Waals surface area contributed by atoms with Gasteiger partial charge in [-0.15, -0.1) is 0 Å². The summed E-state index contributed by atoms with van der Waals surface area (Å²) in [6.45, 7) is 7.46. The van der Waals surface area contributed by atoms with Crippen LogP contribution in [0, 0.1) is 5.41 Å². The summed E-state index contributed by atoms with van der Waals surface area (Å²) >= 11 is 0. The smallest absolute Gasteiger partial charge is 0.313 e. The van der Waals surface area contributed by atoms with Gasteiger partial charge in [0.1, 0.15) is 5.76 Å². The lowest BCUT2D eigenvalue weighted by Crippen LogP contribution is -2.44. The molecule has 3 rings (SSSR count). The second kappa shape index (κ2) is 7.05. The van der Waals surface area contributed by atoms with Crippen LogP contribution in [-0.4, -0.2) is 43.2 Å². The summed E-state index contributed by atoms with van der Waals surface area (Å²) in [5, 5.41) is 3.59. The first kappa shape index (κ1) is 16.5. The predicted molar refractivity (Wildman–Crippen MR) is 88.0 cm³/mol. The van der Waals surface area contributed by atoms with Gasteiger partial charge in [-0.25, -0.2) is 0 Å². The van der Waals surface area contributed by atoms with Gasteiger partial charge in [0.05, 0.1) is 24.3 Å². The van der Waals surface area contributed by atoms with Crippen LogP contribution in [0.5, 0.6) is 0 Å². The quantitative estimate of drug-likeness (QED) is 0.747. The van der Waals surface area contributed by atoms with Crippen molar-refractivity contribution >= 4 is 5.97 Å². The van der Waals surface area contributed by atoms with E-state index in [1.807, 2.05) is 19.1 Å². The Morgan fingerprint density at radius 3 is 2.74 bits per heavy atom. The second-order valence-electron chi connectivity index (χ2n) is 6.78. The van der Waals surface area contributed by atoms with Crippen molar-refractivity contribution in [3.05, 3.63) is 24.2 Å². The summed E-state index contributed by atoms with van der Waals surface area (Å²) in [5.74, 6) is 0.961. The van der Waals surface area contributed by atoms with Crippen LogP contribution in [-0.2, 0) is 9.53 Å². The molecule has 1 saturated heterocycles.